The van der Waals surface area contributed by atoms with Crippen LogP contribution in [0.25, 0.3) is 0 Å². The first-order valence-electron chi connectivity index (χ1n) is 9.31. The van der Waals surface area contributed by atoms with Crippen LogP contribution >= 0.6 is 0 Å². The van der Waals surface area contributed by atoms with Gasteiger partial charge in [0.25, 0.3) is 0 Å². The number of rotatable bonds is 8. The van der Waals surface area contributed by atoms with E-state index in [4.69, 9.17) is 9.47 Å². The molecule has 0 aromatic heterocycles. The Morgan fingerprint density at radius 1 is 0.857 bits per heavy atom. The number of esters is 1. The Kier molecular flexibility index (Phi) is 6.93. The number of carbonyl (C=O) groups is 1. The minimum atomic E-state index is -0.782. The molecule has 0 N–H and O–H groups in total. The van der Waals surface area contributed by atoms with Gasteiger partial charge in [-0.1, -0.05) is 72.8 Å². The van der Waals surface area contributed by atoms with Crippen molar-refractivity contribution in [3.05, 3.63) is 107 Å². The molecule has 0 amide bonds. The first kappa shape index (κ1) is 19.8. The van der Waals surface area contributed by atoms with Crippen LogP contribution in [0.5, 0.6) is 0 Å². The van der Waals surface area contributed by atoms with Crippen LogP contribution < -0.4 is 0 Å². The molecule has 3 aromatic rings. The summed E-state index contributed by atoms with van der Waals surface area (Å²) in [6.45, 7) is 2.30. The predicted octanol–water partition coefficient (Wildman–Crippen LogP) is 5.11. The van der Waals surface area contributed by atoms with E-state index in [1.54, 1.807) is 12.1 Å². The fourth-order valence-electron chi connectivity index (χ4n) is 3.16. The van der Waals surface area contributed by atoms with Gasteiger partial charge in [0.1, 0.15) is 12.4 Å². The third-order valence-corrected chi connectivity index (χ3v) is 4.49. The summed E-state index contributed by atoms with van der Waals surface area (Å²) in [5, 5.41) is 0. The van der Waals surface area contributed by atoms with E-state index in [1.165, 1.54) is 12.1 Å². The molecular formula is C24H23FO3. The lowest BCUT2D eigenvalue weighted by atomic mass is 9.86. The van der Waals surface area contributed by atoms with E-state index in [2.05, 4.69) is 0 Å². The second kappa shape index (κ2) is 9.81. The molecule has 0 aliphatic carbocycles. The van der Waals surface area contributed by atoms with Crippen LogP contribution in [0.15, 0.2) is 84.9 Å². The third kappa shape index (κ3) is 5.05. The van der Waals surface area contributed by atoms with E-state index in [9.17, 15) is 9.18 Å². The van der Waals surface area contributed by atoms with E-state index >= 15 is 0 Å². The summed E-state index contributed by atoms with van der Waals surface area (Å²) in [6, 6.07) is 25.5. The quantitative estimate of drug-likeness (QED) is 0.511. The highest BCUT2D eigenvalue weighted by molar-refractivity contribution is 5.77. The van der Waals surface area contributed by atoms with Crippen LogP contribution in [0.2, 0.25) is 0 Å². The van der Waals surface area contributed by atoms with Crippen molar-refractivity contribution < 1.29 is 18.7 Å². The molecule has 0 fully saturated rings. The predicted molar refractivity (Wildman–Crippen MR) is 106 cm³/mol. The van der Waals surface area contributed by atoms with Gasteiger partial charge in [-0.05, 0) is 35.7 Å². The van der Waals surface area contributed by atoms with Gasteiger partial charge in [-0.15, -0.1) is 0 Å². The van der Waals surface area contributed by atoms with Gasteiger partial charge < -0.3 is 9.47 Å². The number of halogens is 1. The maximum atomic E-state index is 13.1. The summed E-state index contributed by atoms with van der Waals surface area (Å²) >= 11 is 0. The van der Waals surface area contributed by atoms with E-state index < -0.39 is 12.1 Å². The van der Waals surface area contributed by atoms with Gasteiger partial charge in [0.05, 0.1) is 0 Å². The summed E-state index contributed by atoms with van der Waals surface area (Å²) in [4.78, 5) is 12.9. The van der Waals surface area contributed by atoms with Crippen molar-refractivity contribution in [2.45, 2.75) is 25.6 Å². The van der Waals surface area contributed by atoms with Crippen LogP contribution in [-0.2, 0) is 20.9 Å². The Balaban J connectivity index is 1.85. The van der Waals surface area contributed by atoms with Gasteiger partial charge in [0.15, 0.2) is 6.10 Å². The molecule has 3 nitrogen and oxygen atoms in total. The van der Waals surface area contributed by atoms with E-state index in [0.29, 0.717) is 6.61 Å². The van der Waals surface area contributed by atoms with Gasteiger partial charge in [-0.3, -0.25) is 0 Å². The second-order valence-corrected chi connectivity index (χ2v) is 6.41. The highest BCUT2D eigenvalue weighted by atomic mass is 19.1. The minimum absolute atomic E-state index is 0.0684. The highest BCUT2D eigenvalue weighted by Crippen LogP contribution is 2.30. The Bertz CT molecular complexity index is 824. The zero-order valence-corrected chi connectivity index (χ0v) is 15.8. The first-order valence-corrected chi connectivity index (χ1v) is 9.31. The first-order chi connectivity index (χ1) is 13.7. The molecule has 1 unspecified atom stereocenters. The maximum absolute atomic E-state index is 13.1. The molecule has 3 rings (SSSR count). The smallest absolute Gasteiger partial charge is 0.336 e. The summed E-state index contributed by atoms with van der Waals surface area (Å²) < 4.78 is 24.4. The van der Waals surface area contributed by atoms with Gasteiger partial charge >= 0.3 is 5.97 Å². The van der Waals surface area contributed by atoms with Crippen LogP contribution in [0, 0.1) is 5.82 Å². The van der Waals surface area contributed by atoms with Crippen LogP contribution in [-0.4, -0.2) is 18.7 Å². The normalized spacial score (nSPS) is 12.0. The molecule has 0 saturated heterocycles. The molecule has 1 atom stereocenters. The Labute approximate surface area is 164 Å². The molecule has 0 heterocycles. The number of ether oxygens (including phenoxy) is 2. The second-order valence-electron chi connectivity index (χ2n) is 6.41. The third-order valence-electron chi connectivity index (χ3n) is 4.49. The topological polar surface area (TPSA) is 35.5 Å². The van der Waals surface area contributed by atoms with Gasteiger partial charge in [0.2, 0.25) is 0 Å². The fraction of sp³-hybridized carbons (Fsp3) is 0.208. The molecule has 0 aliphatic rings. The van der Waals surface area contributed by atoms with E-state index in [-0.39, 0.29) is 18.3 Å². The fourth-order valence-corrected chi connectivity index (χ4v) is 3.16. The zero-order chi connectivity index (χ0) is 19.8. The van der Waals surface area contributed by atoms with Gasteiger partial charge in [-0.25, -0.2) is 9.18 Å². The average Bonchev–Trinajstić information content (AvgIpc) is 2.74. The molecule has 0 bridgehead atoms. The SMILES string of the molecule is CCOC(C(=O)OCc1ccc(F)cc1)C(c1ccccc1)c1ccccc1. The van der Waals surface area contributed by atoms with E-state index in [0.717, 1.165) is 16.7 Å². The summed E-state index contributed by atoms with van der Waals surface area (Å²) in [5.41, 5.74) is 2.68. The zero-order valence-electron chi connectivity index (χ0n) is 15.8. The van der Waals surface area contributed by atoms with Crippen LogP contribution in [0.4, 0.5) is 4.39 Å². The van der Waals surface area contributed by atoms with Crippen LogP contribution in [0.1, 0.15) is 29.5 Å². The summed E-state index contributed by atoms with van der Waals surface area (Å²) in [7, 11) is 0. The van der Waals surface area contributed by atoms with Crippen molar-refractivity contribution in [3.63, 3.8) is 0 Å². The summed E-state index contributed by atoms with van der Waals surface area (Å²) in [6.07, 6.45) is -0.782. The largest absolute Gasteiger partial charge is 0.459 e. The molecular weight excluding hydrogens is 355 g/mol. The number of carbonyl (C=O) groups excluding carboxylic acids is 1. The average molecular weight is 378 g/mol. The standard InChI is InChI=1S/C24H23FO3/c1-2-27-23(24(26)28-17-18-13-15-21(25)16-14-18)22(19-9-5-3-6-10-19)20-11-7-4-8-12-20/h3-16,22-23H,2,17H2,1H3. The molecule has 144 valence electrons. The minimum Gasteiger partial charge on any atom is -0.459 e. The van der Waals surface area contributed by atoms with Gasteiger partial charge in [0, 0.05) is 12.5 Å². The van der Waals surface area contributed by atoms with Crippen molar-refractivity contribution in [1.82, 2.24) is 0 Å². The molecule has 0 aliphatic heterocycles. The Morgan fingerprint density at radius 2 is 1.39 bits per heavy atom. The molecule has 0 radical (unpaired) electrons. The van der Waals surface area contributed by atoms with Crippen molar-refractivity contribution in [2.75, 3.05) is 6.61 Å². The lowest BCUT2D eigenvalue weighted by molar-refractivity contribution is -0.159. The van der Waals surface area contributed by atoms with E-state index in [1.807, 2.05) is 67.6 Å². The Morgan fingerprint density at radius 3 is 1.89 bits per heavy atom. The van der Waals surface area contributed by atoms with Crippen molar-refractivity contribution in [3.8, 4) is 0 Å². The summed E-state index contributed by atoms with van der Waals surface area (Å²) in [5.74, 6) is -1.05. The molecule has 3 aromatic carbocycles. The van der Waals surface area contributed by atoms with Crippen LogP contribution in [0.3, 0.4) is 0 Å². The molecule has 28 heavy (non-hydrogen) atoms. The molecule has 0 spiro atoms. The maximum Gasteiger partial charge on any atom is 0.336 e. The van der Waals surface area contributed by atoms with Crippen molar-refractivity contribution >= 4 is 5.97 Å². The van der Waals surface area contributed by atoms with Crippen molar-refractivity contribution in [2.24, 2.45) is 0 Å². The lowest BCUT2D eigenvalue weighted by Crippen LogP contribution is -2.33. The van der Waals surface area contributed by atoms with Crippen molar-refractivity contribution in [1.29, 1.82) is 0 Å². The number of hydrogen-bond donors (Lipinski definition) is 0. The lowest BCUT2D eigenvalue weighted by Gasteiger charge is -2.26. The van der Waals surface area contributed by atoms with Gasteiger partial charge in [-0.2, -0.15) is 0 Å². The monoisotopic (exact) mass is 378 g/mol. The Hall–Kier alpha value is -2.98. The molecule has 4 heteroatoms. The molecule has 0 saturated carbocycles. The number of hydrogen-bond acceptors (Lipinski definition) is 3. The number of benzene rings is 3. The highest BCUT2D eigenvalue weighted by Gasteiger charge is 2.33.